The third kappa shape index (κ3) is 4.62. The fourth-order valence-electron chi connectivity index (χ4n) is 3.06. The molecule has 0 saturated carbocycles. The van der Waals surface area contributed by atoms with Gasteiger partial charge in [0.05, 0.1) is 23.9 Å². The Labute approximate surface area is 185 Å². The number of aromatic amines is 1. The summed E-state index contributed by atoms with van der Waals surface area (Å²) >= 11 is 2.49. The van der Waals surface area contributed by atoms with Crippen molar-refractivity contribution in [2.24, 2.45) is 0 Å². The Kier molecular flexibility index (Phi) is 6.06. The molecule has 0 aliphatic carbocycles. The summed E-state index contributed by atoms with van der Waals surface area (Å²) in [6.07, 6.45) is 0. The van der Waals surface area contributed by atoms with Crippen molar-refractivity contribution in [3.05, 3.63) is 64.8 Å². The van der Waals surface area contributed by atoms with Crippen molar-refractivity contribution in [1.82, 2.24) is 9.97 Å². The lowest BCUT2D eigenvalue weighted by Gasteiger charge is -2.07. The molecular formula is C22H18FN3O3S2. The number of ether oxygens (including phenoxy) is 1. The summed E-state index contributed by atoms with van der Waals surface area (Å²) in [5, 5.41) is 5.55. The van der Waals surface area contributed by atoms with E-state index in [2.05, 4.69) is 15.3 Å². The highest BCUT2D eigenvalue weighted by atomic mass is 32.2. The monoisotopic (exact) mass is 455 g/mol. The summed E-state index contributed by atoms with van der Waals surface area (Å²) in [5.74, 6) is -1.11. The Hall–Kier alpha value is -3.17. The van der Waals surface area contributed by atoms with Gasteiger partial charge in [-0.15, -0.1) is 11.3 Å². The predicted molar refractivity (Wildman–Crippen MR) is 121 cm³/mol. The van der Waals surface area contributed by atoms with Gasteiger partial charge >= 0.3 is 5.97 Å². The van der Waals surface area contributed by atoms with Crippen LogP contribution in [0.1, 0.15) is 15.9 Å². The minimum Gasteiger partial charge on any atom is -0.465 e. The van der Waals surface area contributed by atoms with Gasteiger partial charge in [0.25, 0.3) is 0 Å². The first-order chi connectivity index (χ1) is 14.9. The van der Waals surface area contributed by atoms with Crippen LogP contribution in [0.3, 0.4) is 0 Å². The van der Waals surface area contributed by atoms with Crippen LogP contribution < -0.4 is 5.32 Å². The van der Waals surface area contributed by atoms with Crippen molar-refractivity contribution in [3.63, 3.8) is 0 Å². The smallest absolute Gasteiger partial charge is 0.341 e. The summed E-state index contributed by atoms with van der Waals surface area (Å²) in [4.78, 5) is 32.6. The van der Waals surface area contributed by atoms with Crippen LogP contribution in [0.25, 0.3) is 22.2 Å². The molecule has 0 fully saturated rings. The van der Waals surface area contributed by atoms with Gasteiger partial charge in [-0.2, -0.15) is 0 Å². The van der Waals surface area contributed by atoms with Crippen LogP contribution in [0.2, 0.25) is 0 Å². The molecule has 0 bridgehead atoms. The number of fused-ring (bicyclic) bond motifs is 1. The zero-order valence-corrected chi connectivity index (χ0v) is 18.3. The Morgan fingerprint density at radius 3 is 2.74 bits per heavy atom. The Morgan fingerprint density at radius 2 is 2.00 bits per heavy atom. The van der Waals surface area contributed by atoms with E-state index in [1.54, 1.807) is 17.5 Å². The molecule has 0 unspecified atom stereocenters. The summed E-state index contributed by atoms with van der Waals surface area (Å²) < 4.78 is 18.2. The summed E-state index contributed by atoms with van der Waals surface area (Å²) in [6, 6.07) is 11.7. The van der Waals surface area contributed by atoms with Crippen molar-refractivity contribution in [1.29, 1.82) is 0 Å². The fraction of sp³-hybridized carbons (Fsp3) is 0.136. The fourth-order valence-corrected chi connectivity index (χ4v) is 4.72. The van der Waals surface area contributed by atoms with Crippen LogP contribution in [-0.4, -0.2) is 34.7 Å². The number of anilines is 1. The minimum atomic E-state index is -0.573. The molecule has 2 aromatic heterocycles. The highest BCUT2D eigenvalue weighted by Gasteiger charge is 2.22. The molecule has 0 aliphatic rings. The van der Waals surface area contributed by atoms with E-state index in [9.17, 15) is 14.0 Å². The molecule has 0 radical (unpaired) electrons. The molecule has 4 aromatic rings. The maximum Gasteiger partial charge on any atom is 0.341 e. The molecule has 0 atom stereocenters. The predicted octanol–water partition coefficient (Wildman–Crippen LogP) is 5.26. The van der Waals surface area contributed by atoms with Gasteiger partial charge in [-0.05, 0) is 42.3 Å². The molecular weight excluding hydrogens is 437 g/mol. The summed E-state index contributed by atoms with van der Waals surface area (Å²) in [6.45, 7) is 2.00. The maximum absolute atomic E-state index is 13.3. The van der Waals surface area contributed by atoms with E-state index in [1.807, 2.05) is 25.1 Å². The number of aryl methyl sites for hydroxylation is 1. The van der Waals surface area contributed by atoms with Crippen LogP contribution in [0, 0.1) is 12.7 Å². The van der Waals surface area contributed by atoms with Crippen LogP contribution in [0.15, 0.2) is 53.0 Å². The molecule has 0 aliphatic heterocycles. The molecule has 31 heavy (non-hydrogen) atoms. The number of hydrogen-bond acceptors (Lipinski definition) is 6. The summed E-state index contributed by atoms with van der Waals surface area (Å²) in [5.41, 5.74) is 4.35. The SMILES string of the molecule is COC(=O)c1c(-c2ccc(F)cc2)csc1NC(=O)CSc1nc2ccc(C)cc2[nH]1. The van der Waals surface area contributed by atoms with Crippen molar-refractivity contribution in [2.75, 3.05) is 18.2 Å². The van der Waals surface area contributed by atoms with E-state index in [-0.39, 0.29) is 23.0 Å². The molecule has 4 rings (SSSR count). The van der Waals surface area contributed by atoms with E-state index < -0.39 is 5.97 Å². The van der Waals surface area contributed by atoms with Crippen LogP contribution >= 0.6 is 23.1 Å². The zero-order chi connectivity index (χ0) is 22.0. The molecule has 1 amide bonds. The van der Waals surface area contributed by atoms with E-state index in [1.165, 1.54) is 42.3 Å². The Bertz CT molecular complexity index is 1260. The lowest BCUT2D eigenvalue weighted by Crippen LogP contribution is -2.16. The number of rotatable bonds is 6. The second-order valence-electron chi connectivity index (χ2n) is 6.75. The van der Waals surface area contributed by atoms with Crippen molar-refractivity contribution in [3.8, 4) is 11.1 Å². The first-order valence-corrected chi connectivity index (χ1v) is 11.2. The highest BCUT2D eigenvalue weighted by molar-refractivity contribution is 7.99. The summed E-state index contributed by atoms with van der Waals surface area (Å²) in [7, 11) is 1.28. The number of hydrogen-bond donors (Lipinski definition) is 2. The number of thiophene rings is 1. The first-order valence-electron chi connectivity index (χ1n) is 9.29. The van der Waals surface area contributed by atoms with Gasteiger partial charge in [-0.3, -0.25) is 4.79 Å². The van der Waals surface area contributed by atoms with Crippen LogP contribution in [0.5, 0.6) is 0 Å². The number of amides is 1. The Morgan fingerprint density at radius 1 is 1.23 bits per heavy atom. The number of benzene rings is 2. The number of methoxy groups -OCH3 is 1. The molecule has 2 heterocycles. The van der Waals surface area contributed by atoms with E-state index in [0.29, 0.717) is 21.3 Å². The number of carbonyl (C=O) groups excluding carboxylic acids is 2. The van der Waals surface area contributed by atoms with Crippen molar-refractivity contribution >= 4 is 51.0 Å². The standard InChI is InChI=1S/C22H18FN3O3S2/c1-12-3-8-16-17(9-12)25-22(24-16)31-11-18(27)26-20-19(21(28)29-2)15(10-30-20)13-4-6-14(23)7-5-13/h3-10H,11H2,1-2H3,(H,24,25)(H,26,27). The molecule has 9 heteroatoms. The number of aromatic nitrogens is 2. The van der Waals surface area contributed by atoms with E-state index >= 15 is 0 Å². The van der Waals surface area contributed by atoms with Crippen LogP contribution in [-0.2, 0) is 9.53 Å². The number of nitrogens with one attached hydrogen (secondary N) is 2. The number of nitrogens with zero attached hydrogens (tertiary/aromatic N) is 1. The van der Waals surface area contributed by atoms with Crippen molar-refractivity contribution in [2.45, 2.75) is 12.1 Å². The van der Waals surface area contributed by atoms with Gasteiger partial charge in [0, 0.05) is 10.9 Å². The van der Waals surface area contributed by atoms with Gasteiger partial charge in [-0.1, -0.05) is 30.0 Å². The number of carbonyl (C=O) groups is 2. The van der Waals surface area contributed by atoms with Crippen LogP contribution in [0.4, 0.5) is 9.39 Å². The molecule has 158 valence electrons. The number of thioether (sulfide) groups is 1. The quantitative estimate of drug-likeness (QED) is 0.306. The first kappa shape index (κ1) is 21.1. The topological polar surface area (TPSA) is 84.1 Å². The third-order valence-corrected chi connectivity index (χ3v) is 6.31. The second kappa shape index (κ2) is 8.91. The van der Waals surface area contributed by atoms with Gasteiger partial charge in [0.15, 0.2) is 5.16 Å². The lowest BCUT2D eigenvalue weighted by atomic mass is 10.0. The van der Waals surface area contributed by atoms with Gasteiger partial charge in [0.2, 0.25) is 5.91 Å². The van der Waals surface area contributed by atoms with E-state index in [0.717, 1.165) is 16.6 Å². The molecule has 0 spiro atoms. The Balaban J connectivity index is 1.50. The average molecular weight is 456 g/mol. The average Bonchev–Trinajstić information content (AvgIpc) is 3.35. The lowest BCUT2D eigenvalue weighted by molar-refractivity contribution is -0.113. The molecule has 2 N–H and O–H groups in total. The molecule has 0 saturated heterocycles. The van der Waals surface area contributed by atoms with E-state index in [4.69, 9.17) is 4.74 Å². The highest BCUT2D eigenvalue weighted by Crippen LogP contribution is 2.36. The maximum atomic E-state index is 13.3. The zero-order valence-electron chi connectivity index (χ0n) is 16.7. The number of H-pyrrole nitrogens is 1. The minimum absolute atomic E-state index is 0.114. The second-order valence-corrected chi connectivity index (χ2v) is 8.60. The van der Waals surface area contributed by atoms with Gasteiger partial charge in [-0.25, -0.2) is 14.2 Å². The number of esters is 1. The number of imidazole rings is 1. The van der Waals surface area contributed by atoms with Gasteiger partial charge < -0.3 is 15.0 Å². The largest absolute Gasteiger partial charge is 0.465 e. The molecule has 2 aromatic carbocycles. The third-order valence-electron chi connectivity index (χ3n) is 4.54. The molecule has 6 nitrogen and oxygen atoms in total. The number of halogens is 1. The van der Waals surface area contributed by atoms with Crippen molar-refractivity contribution < 1.29 is 18.7 Å². The normalized spacial score (nSPS) is 10.9. The van der Waals surface area contributed by atoms with Gasteiger partial charge in [0.1, 0.15) is 16.4 Å².